The lowest BCUT2D eigenvalue weighted by Crippen LogP contribution is -2.24. The highest BCUT2D eigenvalue weighted by Gasteiger charge is 2.21. The van der Waals surface area contributed by atoms with Crippen molar-refractivity contribution in [3.63, 3.8) is 0 Å². The summed E-state index contributed by atoms with van der Waals surface area (Å²) in [4.78, 5) is 0. The Morgan fingerprint density at radius 3 is 2.57 bits per heavy atom. The first-order valence-electron chi connectivity index (χ1n) is 4.05. The second kappa shape index (κ2) is 4.13. The minimum absolute atomic E-state index is 0.0116. The Morgan fingerprint density at radius 1 is 1.50 bits per heavy atom. The summed E-state index contributed by atoms with van der Waals surface area (Å²) in [5.74, 6) is -1.10. The molecule has 0 saturated carbocycles. The molecule has 0 heterocycles. The van der Waals surface area contributed by atoms with E-state index >= 15 is 0 Å². The zero-order valence-electron chi connectivity index (χ0n) is 7.54. The second-order valence-corrected chi connectivity index (χ2v) is 3.47. The zero-order chi connectivity index (χ0) is 10.9. The molecular weight excluding hydrogens is 209 g/mol. The van der Waals surface area contributed by atoms with Crippen LogP contribution in [0.5, 0.6) is 5.75 Å². The molecule has 0 radical (unpaired) electrons. The van der Waals surface area contributed by atoms with E-state index in [2.05, 4.69) is 0 Å². The van der Waals surface area contributed by atoms with Gasteiger partial charge >= 0.3 is 0 Å². The van der Waals surface area contributed by atoms with Gasteiger partial charge in [0, 0.05) is 0 Å². The SMILES string of the molecule is C[C@H](O)[C@H](N)c1c(F)ccc(Cl)c1O. The number of aliphatic hydroxyl groups excluding tert-OH is 1. The van der Waals surface area contributed by atoms with E-state index in [9.17, 15) is 9.50 Å². The van der Waals surface area contributed by atoms with E-state index in [1.54, 1.807) is 0 Å². The van der Waals surface area contributed by atoms with Crippen molar-refractivity contribution >= 4 is 11.6 Å². The molecule has 0 spiro atoms. The van der Waals surface area contributed by atoms with Crippen LogP contribution in [0.3, 0.4) is 0 Å². The van der Waals surface area contributed by atoms with Crippen molar-refractivity contribution in [3.05, 3.63) is 28.5 Å². The molecule has 5 heteroatoms. The van der Waals surface area contributed by atoms with Gasteiger partial charge in [0.15, 0.2) is 0 Å². The molecule has 2 atom stereocenters. The molecule has 1 rings (SSSR count). The Kier molecular flexibility index (Phi) is 3.31. The van der Waals surface area contributed by atoms with Gasteiger partial charge in [-0.25, -0.2) is 4.39 Å². The summed E-state index contributed by atoms with van der Waals surface area (Å²) in [6.45, 7) is 1.41. The molecular formula is C9H11ClFNO2. The summed E-state index contributed by atoms with van der Waals surface area (Å²) >= 11 is 5.58. The van der Waals surface area contributed by atoms with Crippen molar-refractivity contribution in [2.24, 2.45) is 5.73 Å². The summed E-state index contributed by atoms with van der Waals surface area (Å²) in [5.41, 5.74) is 5.34. The van der Waals surface area contributed by atoms with Gasteiger partial charge < -0.3 is 15.9 Å². The quantitative estimate of drug-likeness (QED) is 0.707. The summed E-state index contributed by atoms with van der Waals surface area (Å²) in [6.07, 6.45) is -0.964. The number of hydrogen-bond donors (Lipinski definition) is 3. The van der Waals surface area contributed by atoms with Crippen molar-refractivity contribution in [2.75, 3.05) is 0 Å². The fourth-order valence-electron chi connectivity index (χ4n) is 1.12. The third-order valence-electron chi connectivity index (χ3n) is 1.97. The molecule has 0 aromatic heterocycles. The van der Waals surface area contributed by atoms with Gasteiger partial charge in [-0.3, -0.25) is 0 Å². The Balaban J connectivity index is 3.25. The highest BCUT2D eigenvalue weighted by atomic mass is 35.5. The lowest BCUT2D eigenvalue weighted by atomic mass is 10.0. The Hall–Kier alpha value is -0.840. The molecule has 0 aliphatic carbocycles. The average Bonchev–Trinajstić information content (AvgIpc) is 2.12. The second-order valence-electron chi connectivity index (χ2n) is 3.06. The van der Waals surface area contributed by atoms with E-state index in [1.807, 2.05) is 0 Å². The molecule has 0 bridgehead atoms. The standard InChI is InChI=1S/C9H11ClFNO2/c1-4(13)8(12)7-6(11)3-2-5(10)9(7)14/h2-4,8,13-14H,12H2,1H3/t4-,8-/m0/s1. The minimum Gasteiger partial charge on any atom is -0.506 e. The topological polar surface area (TPSA) is 66.5 Å². The van der Waals surface area contributed by atoms with E-state index in [4.69, 9.17) is 22.4 Å². The monoisotopic (exact) mass is 219 g/mol. The first-order chi connectivity index (χ1) is 6.45. The minimum atomic E-state index is -0.992. The van der Waals surface area contributed by atoms with Gasteiger partial charge in [0.05, 0.1) is 22.7 Å². The molecule has 0 amide bonds. The normalized spacial score (nSPS) is 15.2. The van der Waals surface area contributed by atoms with Crippen LogP contribution in [-0.4, -0.2) is 16.3 Å². The number of benzene rings is 1. The van der Waals surface area contributed by atoms with Crippen molar-refractivity contribution in [1.82, 2.24) is 0 Å². The van der Waals surface area contributed by atoms with Crippen LogP contribution in [0.2, 0.25) is 5.02 Å². The van der Waals surface area contributed by atoms with Gasteiger partial charge in [0.25, 0.3) is 0 Å². The molecule has 3 nitrogen and oxygen atoms in total. The van der Waals surface area contributed by atoms with Crippen molar-refractivity contribution in [3.8, 4) is 5.75 Å². The summed E-state index contributed by atoms with van der Waals surface area (Å²) in [7, 11) is 0. The molecule has 0 fully saturated rings. The van der Waals surface area contributed by atoms with E-state index in [0.717, 1.165) is 6.07 Å². The number of aromatic hydroxyl groups is 1. The van der Waals surface area contributed by atoms with Crippen LogP contribution in [-0.2, 0) is 0 Å². The van der Waals surface area contributed by atoms with Crippen LogP contribution in [0.1, 0.15) is 18.5 Å². The fraction of sp³-hybridized carbons (Fsp3) is 0.333. The van der Waals surface area contributed by atoms with Gasteiger partial charge in [-0.15, -0.1) is 0 Å². The highest BCUT2D eigenvalue weighted by molar-refractivity contribution is 6.32. The molecule has 0 unspecified atom stereocenters. The number of rotatable bonds is 2. The van der Waals surface area contributed by atoms with Crippen molar-refractivity contribution in [2.45, 2.75) is 19.1 Å². The van der Waals surface area contributed by atoms with Crippen LogP contribution in [0.25, 0.3) is 0 Å². The summed E-state index contributed by atoms with van der Waals surface area (Å²) in [6, 6.07) is 1.33. The maximum atomic E-state index is 13.2. The molecule has 0 aliphatic heterocycles. The van der Waals surface area contributed by atoms with E-state index in [-0.39, 0.29) is 10.6 Å². The van der Waals surface area contributed by atoms with Crippen LogP contribution in [0.15, 0.2) is 12.1 Å². The lowest BCUT2D eigenvalue weighted by molar-refractivity contribution is 0.161. The molecule has 0 aliphatic rings. The van der Waals surface area contributed by atoms with Crippen molar-refractivity contribution in [1.29, 1.82) is 0 Å². The predicted molar refractivity (Wildman–Crippen MR) is 51.7 cm³/mol. The van der Waals surface area contributed by atoms with Crippen molar-refractivity contribution < 1.29 is 14.6 Å². The number of phenols is 1. The fourth-order valence-corrected chi connectivity index (χ4v) is 1.28. The summed E-state index contributed by atoms with van der Waals surface area (Å²) in [5, 5.41) is 18.6. The number of hydrogen-bond acceptors (Lipinski definition) is 3. The summed E-state index contributed by atoms with van der Waals surface area (Å²) < 4.78 is 13.2. The van der Waals surface area contributed by atoms with Gasteiger partial charge in [-0.05, 0) is 19.1 Å². The Morgan fingerprint density at radius 2 is 2.07 bits per heavy atom. The molecule has 4 N–H and O–H groups in total. The van der Waals surface area contributed by atoms with E-state index in [0.29, 0.717) is 0 Å². The van der Waals surface area contributed by atoms with E-state index in [1.165, 1.54) is 13.0 Å². The molecule has 14 heavy (non-hydrogen) atoms. The first-order valence-corrected chi connectivity index (χ1v) is 4.43. The molecule has 78 valence electrons. The number of halogens is 2. The van der Waals surface area contributed by atoms with Gasteiger partial charge in [-0.1, -0.05) is 11.6 Å². The number of phenolic OH excluding ortho intramolecular Hbond substituents is 1. The van der Waals surface area contributed by atoms with Crippen LogP contribution >= 0.6 is 11.6 Å². The first kappa shape index (κ1) is 11.2. The third-order valence-corrected chi connectivity index (χ3v) is 2.27. The third kappa shape index (κ3) is 1.97. The lowest BCUT2D eigenvalue weighted by Gasteiger charge is -2.17. The average molecular weight is 220 g/mol. The number of aliphatic hydroxyl groups is 1. The zero-order valence-corrected chi connectivity index (χ0v) is 8.29. The molecule has 0 saturated heterocycles. The van der Waals surface area contributed by atoms with Gasteiger partial charge in [-0.2, -0.15) is 0 Å². The van der Waals surface area contributed by atoms with Crippen LogP contribution in [0.4, 0.5) is 4.39 Å². The van der Waals surface area contributed by atoms with Gasteiger partial charge in [0.2, 0.25) is 0 Å². The smallest absolute Gasteiger partial charge is 0.141 e. The largest absolute Gasteiger partial charge is 0.506 e. The molecule has 1 aromatic rings. The Labute approximate surface area is 85.9 Å². The maximum absolute atomic E-state index is 13.2. The van der Waals surface area contributed by atoms with Gasteiger partial charge in [0.1, 0.15) is 11.6 Å². The maximum Gasteiger partial charge on any atom is 0.141 e. The van der Waals surface area contributed by atoms with E-state index < -0.39 is 23.7 Å². The number of nitrogens with two attached hydrogens (primary N) is 1. The predicted octanol–water partition coefficient (Wildman–Crippen LogP) is 1.57. The highest BCUT2D eigenvalue weighted by Crippen LogP contribution is 2.33. The molecule has 1 aromatic carbocycles. The van der Waals surface area contributed by atoms with Crippen LogP contribution < -0.4 is 5.73 Å². The Bertz CT molecular complexity index is 344. The van der Waals surface area contributed by atoms with Crippen LogP contribution in [0, 0.1) is 5.82 Å².